The Morgan fingerprint density at radius 2 is 1.92 bits per heavy atom. The van der Waals surface area contributed by atoms with E-state index in [0.29, 0.717) is 62.5 Å². The molecule has 2 unspecified atom stereocenters. The van der Waals surface area contributed by atoms with Crippen molar-refractivity contribution in [3.05, 3.63) is 76.1 Å². The molecule has 3 aromatic rings. The Balaban J connectivity index is 1.04. The largest absolute Gasteiger partial charge is 0.493 e. The summed E-state index contributed by atoms with van der Waals surface area (Å²) >= 11 is 6.30. The van der Waals surface area contributed by atoms with Crippen molar-refractivity contribution < 1.29 is 28.5 Å². The monoisotopic (exact) mass is 745 g/mol. The van der Waals surface area contributed by atoms with E-state index in [4.69, 9.17) is 25.8 Å². The summed E-state index contributed by atoms with van der Waals surface area (Å²) in [5.41, 5.74) is 4.41. The number of nitrogens with one attached hydrogen (secondary N) is 1. The number of rotatable bonds is 10. The topological polar surface area (TPSA) is 93.2 Å². The summed E-state index contributed by atoms with van der Waals surface area (Å²) in [5, 5.41) is 14.7. The number of hydrogen-bond donors (Lipinski definition) is 2. The highest BCUT2D eigenvalue weighted by Crippen LogP contribution is 2.58. The number of carboxylic acids is 1. The zero-order valence-electron chi connectivity index (χ0n) is 31.0. The molecule has 5 aliphatic rings. The van der Waals surface area contributed by atoms with Gasteiger partial charge in [0.25, 0.3) is 0 Å². The average molecular weight is 746 g/mol. The highest BCUT2D eigenvalue weighted by molar-refractivity contribution is 6.30. The van der Waals surface area contributed by atoms with Gasteiger partial charge in [-0.25, -0.2) is 9.18 Å². The van der Waals surface area contributed by atoms with Gasteiger partial charge < -0.3 is 24.6 Å². The number of carbonyl (C=O) groups is 1. The first kappa shape index (κ1) is 36.4. The summed E-state index contributed by atoms with van der Waals surface area (Å²) in [6.07, 6.45) is 9.36. The van der Waals surface area contributed by atoms with E-state index in [9.17, 15) is 14.3 Å². The van der Waals surface area contributed by atoms with Crippen LogP contribution in [-0.2, 0) is 23.1 Å². The molecule has 10 heteroatoms. The quantitative estimate of drug-likeness (QED) is 0.213. The fourth-order valence-electron chi connectivity index (χ4n) is 10.2. The Hall–Kier alpha value is -3.56. The molecule has 3 aliphatic carbocycles. The molecule has 1 spiro atoms. The lowest BCUT2D eigenvalue weighted by Gasteiger charge is -2.47. The van der Waals surface area contributed by atoms with Crippen LogP contribution >= 0.6 is 11.6 Å². The maximum atomic E-state index is 13.9. The van der Waals surface area contributed by atoms with Crippen molar-refractivity contribution >= 4 is 23.3 Å². The van der Waals surface area contributed by atoms with Crippen LogP contribution in [0.3, 0.4) is 0 Å². The van der Waals surface area contributed by atoms with Crippen molar-refractivity contribution in [2.75, 3.05) is 44.8 Å². The number of fused-ring (bicyclic) bond motifs is 4. The van der Waals surface area contributed by atoms with Crippen LogP contribution in [0, 0.1) is 17.8 Å². The predicted octanol–water partition coefficient (Wildman–Crippen LogP) is 8.63. The van der Waals surface area contributed by atoms with Crippen LogP contribution < -0.4 is 19.5 Å². The summed E-state index contributed by atoms with van der Waals surface area (Å²) in [7, 11) is 0. The van der Waals surface area contributed by atoms with Gasteiger partial charge in [0, 0.05) is 53.7 Å². The van der Waals surface area contributed by atoms with Gasteiger partial charge in [-0.15, -0.1) is 0 Å². The molecular weight excluding hydrogens is 693 g/mol. The standard InChI is InChI=1S/C43H53ClFN3O5/c1-27(24-51-37-9-15-46-36-8-3-5-28(2)40(36)37)17-31-18-30-19-38-39(53-26-29(25-52-38)22-48-16-10-33(45)23-48)21-35(30)42(31)11-13-43(14-12-42,41(49)50)47-34-7-4-6-32(44)20-34/h4,6-7,9,15,19-21,27-29,31,33,47H,3,5,8,10-14,16-18,22-26H2,1-2H3,(H,49,50)/t27-,28-,29?,31?,33-,42?,43?/m1/s1. The van der Waals surface area contributed by atoms with Crippen molar-refractivity contribution in [2.24, 2.45) is 17.8 Å². The first-order chi connectivity index (χ1) is 25.6. The number of ether oxygens (including phenoxy) is 3. The van der Waals surface area contributed by atoms with Crippen LogP contribution in [0.1, 0.15) is 93.5 Å². The number of carboxylic acid groups (broad SMARTS) is 1. The predicted molar refractivity (Wildman–Crippen MR) is 205 cm³/mol. The number of likely N-dealkylation sites (tertiary alicyclic amines) is 1. The van der Waals surface area contributed by atoms with Crippen LogP contribution in [0.5, 0.6) is 17.2 Å². The van der Waals surface area contributed by atoms with Gasteiger partial charge in [-0.3, -0.25) is 9.88 Å². The van der Waals surface area contributed by atoms with Gasteiger partial charge in [0.2, 0.25) is 0 Å². The smallest absolute Gasteiger partial charge is 0.329 e. The fourth-order valence-corrected chi connectivity index (χ4v) is 10.4. The van der Waals surface area contributed by atoms with Gasteiger partial charge >= 0.3 is 5.97 Å². The molecule has 8 nitrogen and oxygen atoms in total. The summed E-state index contributed by atoms with van der Waals surface area (Å²) in [6, 6.07) is 13.8. The lowest BCUT2D eigenvalue weighted by atomic mass is 9.59. The first-order valence-electron chi connectivity index (χ1n) is 19.8. The molecule has 0 amide bonds. The minimum Gasteiger partial charge on any atom is -0.493 e. The van der Waals surface area contributed by atoms with Gasteiger partial charge in [0.15, 0.2) is 11.5 Å². The second kappa shape index (κ2) is 14.9. The third-order valence-electron chi connectivity index (χ3n) is 13.0. The van der Waals surface area contributed by atoms with Gasteiger partial charge in [-0.2, -0.15) is 0 Å². The second-order valence-corrected chi connectivity index (χ2v) is 17.2. The van der Waals surface area contributed by atoms with Gasteiger partial charge in [-0.1, -0.05) is 31.5 Å². The van der Waals surface area contributed by atoms with E-state index in [1.54, 1.807) is 12.1 Å². The first-order valence-corrected chi connectivity index (χ1v) is 20.2. The van der Waals surface area contributed by atoms with Crippen LogP contribution in [0.15, 0.2) is 48.7 Å². The maximum absolute atomic E-state index is 13.9. The third kappa shape index (κ3) is 7.32. The van der Waals surface area contributed by atoms with E-state index < -0.39 is 17.7 Å². The Morgan fingerprint density at radius 1 is 1.13 bits per heavy atom. The Bertz CT molecular complexity index is 1810. The molecule has 2 N–H and O–H groups in total. The van der Waals surface area contributed by atoms with Gasteiger partial charge in [0.05, 0.1) is 19.8 Å². The van der Waals surface area contributed by atoms with Crippen LogP contribution in [0.2, 0.25) is 5.02 Å². The van der Waals surface area contributed by atoms with Crippen LogP contribution in [0.4, 0.5) is 10.1 Å². The number of hydrogen-bond acceptors (Lipinski definition) is 7. The van der Waals surface area contributed by atoms with Crippen molar-refractivity contribution in [3.8, 4) is 17.2 Å². The maximum Gasteiger partial charge on any atom is 0.329 e. The molecule has 1 saturated heterocycles. The molecule has 3 heterocycles. The van der Waals surface area contributed by atoms with Crippen LogP contribution in [-0.4, -0.2) is 72.1 Å². The highest BCUT2D eigenvalue weighted by Gasteiger charge is 2.54. The minimum absolute atomic E-state index is 0.155. The highest BCUT2D eigenvalue weighted by atomic mass is 35.5. The summed E-state index contributed by atoms with van der Waals surface area (Å²) in [5.74, 6) is 2.87. The van der Waals surface area contributed by atoms with Crippen molar-refractivity contribution in [3.63, 3.8) is 0 Å². The molecule has 1 aromatic heterocycles. The molecule has 0 bridgehead atoms. The normalized spacial score (nSPS) is 30.0. The minimum atomic E-state index is -1.10. The number of aliphatic carboxylic acids is 1. The molecule has 2 aliphatic heterocycles. The number of alkyl halides is 1. The number of anilines is 1. The number of aromatic nitrogens is 1. The van der Waals surface area contributed by atoms with Crippen molar-refractivity contribution in [1.29, 1.82) is 0 Å². The van der Waals surface area contributed by atoms with E-state index in [1.165, 1.54) is 28.8 Å². The SMILES string of the molecule is C[C@@H](COc1ccnc2c1[C@H](C)CCC2)CC1Cc2cc3c(cc2C12CCC(Nc1cccc(Cl)c1)(C(=O)O)CC2)OCC(CN1CC[C@@H](F)C1)CO3. The number of halogens is 2. The molecule has 53 heavy (non-hydrogen) atoms. The number of benzene rings is 2. The van der Waals surface area contributed by atoms with Crippen molar-refractivity contribution in [1.82, 2.24) is 9.88 Å². The van der Waals surface area contributed by atoms with E-state index in [-0.39, 0.29) is 17.3 Å². The average Bonchev–Trinajstić information content (AvgIpc) is 3.60. The number of pyridine rings is 1. The zero-order valence-corrected chi connectivity index (χ0v) is 31.8. The summed E-state index contributed by atoms with van der Waals surface area (Å²) in [6.45, 7) is 8.26. The lowest BCUT2D eigenvalue weighted by Crippen LogP contribution is -2.53. The molecule has 1 saturated carbocycles. The lowest BCUT2D eigenvalue weighted by molar-refractivity contribution is -0.144. The molecule has 2 aromatic carbocycles. The van der Waals surface area contributed by atoms with Crippen molar-refractivity contribution in [2.45, 2.75) is 101 Å². The number of aryl methyl sites for hydroxylation is 1. The molecule has 2 fully saturated rings. The molecular formula is C43H53ClFN3O5. The fraction of sp³-hybridized carbons (Fsp3) is 0.581. The Morgan fingerprint density at radius 3 is 2.66 bits per heavy atom. The second-order valence-electron chi connectivity index (χ2n) is 16.8. The van der Waals surface area contributed by atoms with Gasteiger partial charge in [0.1, 0.15) is 17.5 Å². The zero-order chi connectivity index (χ0) is 36.7. The van der Waals surface area contributed by atoms with E-state index in [2.05, 4.69) is 41.2 Å². The Kier molecular flexibility index (Phi) is 10.3. The summed E-state index contributed by atoms with van der Waals surface area (Å²) < 4.78 is 33.4. The summed E-state index contributed by atoms with van der Waals surface area (Å²) in [4.78, 5) is 19.9. The molecule has 5 atom stereocenters. The third-order valence-corrected chi connectivity index (χ3v) is 13.3. The van der Waals surface area contributed by atoms with E-state index in [1.807, 2.05) is 24.4 Å². The molecule has 8 rings (SSSR count). The molecule has 284 valence electrons. The van der Waals surface area contributed by atoms with E-state index >= 15 is 0 Å². The molecule has 0 radical (unpaired) electrons. The van der Waals surface area contributed by atoms with Crippen LogP contribution in [0.25, 0.3) is 0 Å². The Labute approximate surface area is 317 Å². The van der Waals surface area contributed by atoms with Gasteiger partial charge in [-0.05, 0) is 135 Å². The number of nitrogens with zero attached hydrogens (tertiary/aromatic N) is 2. The van der Waals surface area contributed by atoms with E-state index in [0.717, 1.165) is 74.6 Å².